The van der Waals surface area contributed by atoms with Crippen molar-refractivity contribution in [2.75, 3.05) is 17.2 Å². The van der Waals surface area contributed by atoms with Gasteiger partial charge >= 0.3 is 5.97 Å². The van der Waals surface area contributed by atoms with Crippen molar-refractivity contribution in [2.24, 2.45) is 0 Å². The molecule has 0 aliphatic carbocycles. The maximum Gasteiger partial charge on any atom is 0.341 e. The van der Waals surface area contributed by atoms with Gasteiger partial charge in [0, 0.05) is 16.1 Å². The van der Waals surface area contributed by atoms with Gasteiger partial charge in [-0.15, -0.1) is 11.3 Å². The van der Waals surface area contributed by atoms with E-state index in [1.54, 1.807) is 6.92 Å². The molecular weight excluding hydrogens is 400 g/mol. The van der Waals surface area contributed by atoms with E-state index in [1.165, 1.54) is 22.5 Å². The van der Waals surface area contributed by atoms with E-state index < -0.39 is 0 Å². The number of thiophene rings is 1. The summed E-state index contributed by atoms with van der Waals surface area (Å²) in [4.78, 5) is 13.8. The maximum atomic E-state index is 12.8. The number of hydrogen-bond donors (Lipinski definition) is 2. The van der Waals surface area contributed by atoms with Crippen LogP contribution in [0.5, 0.6) is 0 Å². The van der Waals surface area contributed by atoms with E-state index in [0.29, 0.717) is 22.3 Å². The second-order valence-corrected chi connectivity index (χ2v) is 8.34. The van der Waals surface area contributed by atoms with Gasteiger partial charge in [0.2, 0.25) is 0 Å². The van der Waals surface area contributed by atoms with Crippen LogP contribution in [-0.4, -0.2) is 17.7 Å². The van der Waals surface area contributed by atoms with Crippen LogP contribution >= 0.6 is 23.6 Å². The lowest BCUT2D eigenvalue weighted by molar-refractivity contribution is 0.0529. The predicted octanol–water partition coefficient (Wildman–Crippen LogP) is 6.33. The molecular formula is C23H24N2O2S2. The molecule has 2 N–H and O–H groups in total. The molecule has 0 atom stereocenters. The lowest BCUT2D eigenvalue weighted by Gasteiger charge is -2.13. The molecule has 6 heteroatoms. The molecule has 0 aliphatic heterocycles. The summed E-state index contributed by atoms with van der Waals surface area (Å²) in [6.07, 6.45) is 0. The molecule has 0 amide bonds. The summed E-state index contributed by atoms with van der Waals surface area (Å²) in [5.41, 5.74) is 5.68. The van der Waals surface area contributed by atoms with Crippen LogP contribution in [0, 0.1) is 20.8 Å². The second-order valence-electron chi connectivity index (χ2n) is 6.70. The van der Waals surface area contributed by atoms with Gasteiger partial charge in [0.1, 0.15) is 10.6 Å². The first-order valence-electron chi connectivity index (χ1n) is 9.42. The van der Waals surface area contributed by atoms with Crippen LogP contribution in [-0.2, 0) is 4.74 Å². The molecule has 4 nitrogen and oxygen atoms in total. The molecule has 2 aromatic carbocycles. The Hall–Kier alpha value is -2.70. The summed E-state index contributed by atoms with van der Waals surface area (Å²) in [5.74, 6) is -0.354. The number of ether oxygens (including phenoxy) is 1. The Morgan fingerprint density at radius 2 is 1.76 bits per heavy atom. The van der Waals surface area contributed by atoms with Gasteiger partial charge in [-0.05, 0) is 68.7 Å². The highest BCUT2D eigenvalue weighted by Gasteiger charge is 2.24. The van der Waals surface area contributed by atoms with E-state index in [9.17, 15) is 4.79 Å². The number of aryl methyl sites for hydroxylation is 3. The molecule has 0 unspecified atom stereocenters. The summed E-state index contributed by atoms with van der Waals surface area (Å²) < 4.78 is 5.34. The first-order chi connectivity index (χ1) is 13.9. The van der Waals surface area contributed by atoms with Crippen molar-refractivity contribution < 1.29 is 9.53 Å². The number of esters is 1. The molecule has 0 radical (unpaired) electrons. The summed E-state index contributed by atoms with van der Waals surface area (Å²) in [7, 11) is 0. The number of carbonyl (C=O) groups is 1. The van der Waals surface area contributed by atoms with E-state index in [-0.39, 0.29) is 5.97 Å². The van der Waals surface area contributed by atoms with Gasteiger partial charge in [-0.3, -0.25) is 0 Å². The van der Waals surface area contributed by atoms with E-state index >= 15 is 0 Å². The third-order valence-electron chi connectivity index (χ3n) is 4.62. The smallest absolute Gasteiger partial charge is 0.341 e. The van der Waals surface area contributed by atoms with Crippen molar-refractivity contribution >= 4 is 45.3 Å². The number of anilines is 2. The molecule has 0 saturated heterocycles. The fourth-order valence-electron chi connectivity index (χ4n) is 3.07. The number of hydrogen-bond acceptors (Lipinski definition) is 4. The Balaban J connectivity index is 1.93. The fourth-order valence-corrected chi connectivity index (χ4v) is 4.42. The molecule has 29 heavy (non-hydrogen) atoms. The maximum absolute atomic E-state index is 12.8. The molecule has 0 spiro atoms. The average molecular weight is 425 g/mol. The monoisotopic (exact) mass is 424 g/mol. The average Bonchev–Trinajstić information content (AvgIpc) is 3.01. The van der Waals surface area contributed by atoms with Crippen molar-refractivity contribution in [3.05, 3.63) is 70.1 Å². The standard InChI is InChI=1S/C23H24N2O2S2/c1-5-27-22(26)20-19(17-9-7-6-8-10-17)16(4)29-21(20)25-23(28)24-18-12-11-14(2)15(3)13-18/h6-13H,5H2,1-4H3,(H2,24,25,28). The van der Waals surface area contributed by atoms with Gasteiger partial charge in [0.25, 0.3) is 0 Å². The van der Waals surface area contributed by atoms with Crippen LogP contribution in [0.15, 0.2) is 48.5 Å². The van der Waals surface area contributed by atoms with Crippen molar-refractivity contribution in [3.8, 4) is 11.1 Å². The first kappa shape index (κ1) is 21.0. The lowest BCUT2D eigenvalue weighted by atomic mass is 10.0. The molecule has 0 saturated carbocycles. The van der Waals surface area contributed by atoms with Crippen LogP contribution in [0.1, 0.15) is 33.3 Å². The molecule has 0 aliphatic rings. The summed E-state index contributed by atoms with van der Waals surface area (Å²) in [6, 6.07) is 15.9. The number of thiocarbonyl (C=S) groups is 1. The molecule has 1 heterocycles. The third kappa shape index (κ3) is 4.83. The third-order valence-corrected chi connectivity index (χ3v) is 5.84. The number of carbonyl (C=O) groups excluding carboxylic acids is 1. The zero-order valence-corrected chi connectivity index (χ0v) is 18.6. The minimum atomic E-state index is -0.354. The van der Waals surface area contributed by atoms with Crippen LogP contribution < -0.4 is 10.6 Å². The molecule has 0 bridgehead atoms. The van der Waals surface area contributed by atoms with Crippen molar-refractivity contribution in [1.29, 1.82) is 0 Å². The predicted molar refractivity (Wildman–Crippen MR) is 126 cm³/mol. The van der Waals surface area contributed by atoms with Crippen LogP contribution in [0.25, 0.3) is 11.1 Å². The second kappa shape index (κ2) is 9.20. The Labute approximate surface area is 180 Å². The van der Waals surface area contributed by atoms with Crippen LogP contribution in [0.2, 0.25) is 0 Å². The Morgan fingerprint density at radius 1 is 1.03 bits per heavy atom. The SMILES string of the molecule is CCOC(=O)c1c(NC(=S)Nc2ccc(C)c(C)c2)sc(C)c1-c1ccccc1. The fraction of sp³-hybridized carbons (Fsp3) is 0.217. The number of benzene rings is 2. The summed E-state index contributed by atoms with van der Waals surface area (Å²) in [6.45, 7) is 8.25. The summed E-state index contributed by atoms with van der Waals surface area (Å²) in [5, 5.41) is 7.51. The van der Waals surface area contributed by atoms with Gasteiger partial charge in [0.05, 0.1) is 6.61 Å². The molecule has 0 fully saturated rings. The highest BCUT2D eigenvalue weighted by atomic mass is 32.1. The van der Waals surface area contributed by atoms with E-state index in [2.05, 4.69) is 24.5 Å². The van der Waals surface area contributed by atoms with E-state index in [1.807, 2.05) is 55.5 Å². The minimum absolute atomic E-state index is 0.312. The van der Waals surface area contributed by atoms with Crippen molar-refractivity contribution in [2.45, 2.75) is 27.7 Å². The highest BCUT2D eigenvalue weighted by molar-refractivity contribution is 7.80. The minimum Gasteiger partial charge on any atom is -0.462 e. The normalized spacial score (nSPS) is 10.5. The zero-order valence-electron chi connectivity index (χ0n) is 17.0. The molecule has 3 rings (SSSR count). The Kier molecular flexibility index (Phi) is 6.67. The quantitative estimate of drug-likeness (QED) is 0.370. The Bertz CT molecular complexity index is 1040. The summed E-state index contributed by atoms with van der Waals surface area (Å²) >= 11 is 7.00. The van der Waals surface area contributed by atoms with Gasteiger partial charge in [0.15, 0.2) is 5.11 Å². The Morgan fingerprint density at radius 3 is 2.41 bits per heavy atom. The van der Waals surface area contributed by atoms with Gasteiger partial charge in [-0.1, -0.05) is 36.4 Å². The first-order valence-corrected chi connectivity index (χ1v) is 10.6. The van der Waals surface area contributed by atoms with Crippen LogP contribution in [0.4, 0.5) is 10.7 Å². The van der Waals surface area contributed by atoms with E-state index in [4.69, 9.17) is 17.0 Å². The molecule has 1 aromatic heterocycles. The van der Waals surface area contributed by atoms with Gasteiger partial charge in [-0.2, -0.15) is 0 Å². The molecule has 3 aromatic rings. The van der Waals surface area contributed by atoms with Crippen LogP contribution in [0.3, 0.4) is 0 Å². The number of nitrogens with one attached hydrogen (secondary N) is 2. The van der Waals surface area contributed by atoms with Crippen molar-refractivity contribution in [3.63, 3.8) is 0 Å². The molecule has 150 valence electrons. The zero-order chi connectivity index (χ0) is 21.0. The van der Waals surface area contributed by atoms with Gasteiger partial charge in [-0.25, -0.2) is 4.79 Å². The van der Waals surface area contributed by atoms with Gasteiger partial charge < -0.3 is 15.4 Å². The number of rotatable bonds is 5. The lowest BCUT2D eigenvalue weighted by Crippen LogP contribution is -2.20. The highest BCUT2D eigenvalue weighted by Crippen LogP contribution is 2.40. The largest absolute Gasteiger partial charge is 0.462 e. The topological polar surface area (TPSA) is 50.4 Å². The van der Waals surface area contributed by atoms with Crippen molar-refractivity contribution in [1.82, 2.24) is 0 Å². The van der Waals surface area contributed by atoms with E-state index in [0.717, 1.165) is 21.7 Å².